The lowest BCUT2D eigenvalue weighted by Gasteiger charge is -2.09. The fourth-order valence-electron chi connectivity index (χ4n) is 1.05. The smallest absolute Gasteiger partial charge is 0.0315 e. The highest BCUT2D eigenvalue weighted by Crippen LogP contribution is 2.17. The van der Waals surface area contributed by atoms with Crippen molar-refractivity contribution in [3.8, 4) is 0 Å². The van der Waals surface area contributed by atoms with Gasteiger partial charge in [0.1, 0.15) is 0 Å². The molecule has 0 spiro atoms. The minimum atomic E-state index is 0.712. The Morgan fingerprint density at radius 3 is 2.50 bits per heavy atom. The lowest BCUT2D eigenvalue weighted by Crippen LogP contribution is -1.98. The first-order chi connectivity index (χ1) is 4.70. The molecule has 54 valence electrons. The van der Waals surface area contributed by atoms with Crippen molar-refractivity contribution in [3.05, 3.63) is 23.3 Å². The van der Waals surface area contributed by atoms with Crippen LogP contribution in [0.3, 0.4) is 0 Å². The Balaban J connectivity index is 2.74. The average Bonchev–Trinajstić information content (AvgIpc) is 1.88. The van der Waals surface area contributed by atoms with Gasteiger partial charge in [0.25, 0.3) is 0 Å². The van der Waals surface area contributed by atoms with E-state index in [0.717, 1.165) is 12.8 Å². The molecule has 0 aliphatic heterocycles. The third-order valence-corrected chi connectivity index (χ3v) is 1.84. The summed E-state index contributed by atoms with van der Waals surface area (Å²) < 4.78 is 0. The molecule has 10 heavy (non-hydrogen) atoms. The van der Waals surface area contributed by atoms with Gasteiger partial charge < -0.3 is 5.41 Å². The van der Waals surface area contributed by atoms with Crippen molar-refractivity contribution in [2.45, 2.75) is 26.7 Å². The summed E-state index contributed by atoms with van der Waals surface area (Å²) in [7, 11) is 0. The average molecular weight is 135 g/mol. The first kappa shape index (κ1) is 7.26. The molecule has 1 nitrogen and oxygen atoms in total. The summed E-state index contributed by atoms with van der Waals surface area (Å²) in [5, 5.41) is 7.36. The third-order valence-electron chi connectivity index (χ3n) is 1.84. The SMILES string of the molecule is CC(=N)C1=CC=C(C)CC1. The molecule has 1 aliphatic rings. The van der Waals surface area contributed by atoms with Gasteiger partial charge in [0.2, 0.25) is 0 Å². The van der Waals surface area contributed by atoms with Gasteiger partial charge >= 0.3 is 0 Å². The Hall–Kier alpha value is -0.850. The van der Waals surface area contributed by atoms with Crippen molar-refractivity contribution in [2.75, 3.05) is 0 Å². The van der Waals surface area contributed by atoms with Crippen LogP contribution in [0.4, 0.5) is 0 Å². The minimum absolute atomic E-state index is 0.712. The standard InChI is InChI=1S/C9H13N/c1-7-3-5-9(6-4-7)8(2)10/h3,5,10H,4,6H2,1-2H3. The van der Waals surface area contributed by atoms with Gasteiger partial charge in [0, 0.05) is 5.71 Å². The van der Waals surface area contributed by atoms with Crippen molar-refractivity contribution < 1.29 is 0 Å². The Morgan fingerprint density at radius 2 is 2.10 bits per heavy atom. The second kappa shape index (κ2) is 2.82. The van der Waals surface area contributed by atoms with Crippen LogP contribution in [-0.4, -0.2) is 5.71 Å². The number of hydrogen-bond donors (Lipinski definition) is 1. The largest absolute Gasteiger partial charge is 0.305 e. The van der Waals surface area contributed by atoms with Crippen molar-refractivity contribution in [2.24, 2.45) is 0 Å². The van der Waals surface area contributed by atoms with E-state index in [1.807, 2.05) is 6.92 Å². The van der Waals surface area contributed by atoms with E-state index < -0.39 is 0 Å². The van der Waals surface area contributed by atoms with Crippen LogP contribution in [0.2, 0.25) is 0 Å². The second-order valence-electron chi connectivity index (χ2n) is 2.83. The molecule has 0 radical (unpaired) electrons. The number of hydrogen-bond acceptors (Lipinski definition) is 1. The van der Waals surface area contributed by atoms with Crippen LogP contribution in [0.5, 0.6) is 0 Å². The maximum Gasteiger partial charge on any atom is 0.0315 e. The predicted octanol–water partition coefficient (Wildman–Crippen LogP) is 2.69. The van der Waals surface area contributed by atoms with E-state index in [1.165, 1.54) is 11.1 Å². The van der Waals surface area contributed by atoms with E-state index in [2.05, 4.69) is 19.1 Å². The maximum atomic E-state index is 7.36. The molecule has 1 heteroatoms. The molecule has 0 heterocycles. The topological polar surface area (TPSA) is 23.9 Å². The molecule has 0 atom stereocenters. The van der Waals surface area contributed by atoms with Gasteiger partial charge in [-0.3, -0.25) is 0 Å². The monoisotopic (exact) mass is 135 g/mol. The Kier molecular flexibility index (Phi) is 2.05. The first-order valence-electron chi connectivity index (χ1n) is 3.62. The molecule has 0 aromatic heterocycles. The van der Waals surface area contributed by atoms with Crippen LogP contribution in [0, 0.1) is 5.41 Å². The molecule has 1 aliphatic carbocycles. The van der Waals surface area contributed by atoms with Crippen molar-refractivity contribution in [1.29, 1.82) is 5.41 Å². The Labute approximate surface area is 62.0 Å². The van der Waals surface area contributed by atoms with Crippen LogP contribution in [-0.2, 0) is 0 Å². The summed E-state index contributed by atoms with van der Waals surface area (Å²) >= 11 is 0. The van der Waals surface area contributed by atoms with Crippen LogP contribution in [0.1, 0.15) is 26.7 Å². The molecule has 0 bridgehead atoms. The molecule has 0 unspecified atom stereocenters. The maximum absolute atomic E-state index is 7.36. The highest BCUT2D eigenvalue weighted by molar-refractivity contribution is 5.96. The zero-order valence-electron chi connectivity index (χ0n) is 6.57. The van der Waals surface area contributed by atoms with E-state index in [4.69, 9.17) is 5.41 Å². The van der Waals surface area contributed by atoms with Crippen LogP contribution in [0.25, 0.3) is 0 Å². The normalized spacial score (nSPS) is 17.8. The highest BCUT2D eigenvalue weighted by atomic mass is 14.4. The summed E-state index contributed by atoms with van der Waals surface area (Å²) in [6.07, 6.45) is 6.34. The van der Waals surface area contributed by atoms with Crippen LogP contribution in [0.15, 0.2) is 23.3 Å². The first-order valence-corrected chi connectivity index (χ1v) is 3.62. The van der Waals surface area contributed by atoms with E-state index in [-0.39, 0.29) is 0 Å². The lowest BCUT2D eigenvalue weighted by atomic mass is 9.97. The van der Waals surface area contributed by atoms with E-state index in [9.17, 15) is 0 Å². The molecular weight excluding hydrogens is 122 g/mol. The van der Waals surface area contributed by atoms with Gasteiger partial charge in [-0.1, -0.05) is 17.7 Å². The number of allylic oxidation sites excluding steroid dienone is 4. The van der Waals surface area contributed by atoms with Crippen molar-refractivity contribution in [1.82, 2.24) is 0 Å². The lowest BCUT2D eigenvalue weighted by molar-refractivity contribution is 0.934. The fourth-order valence-corrected chi connectivity index (χ4v) is 1.05. The molecule has 0 aromatic rings. The Bertz CT molecular complexity index is 209. The molecular formula is C9H13N. The summed E-state index contributed by atoms with van der Waals surface area (Å²) in [4.78, 5) is 0. The zero-order chi connectivity index (χ0) is 7.56. The molecule has 0 saturated heterocycles. The fraction of sp³-hybridized carbons (Fsp3) is 0.444. The van der Waals surface area contributed by atoms with Crippen LogP contribution < -0.4 is 0 Å². The zero-order valence-corrected chi connectivity index (χ0v) is 6.57. The molecule has 1 rings (SSSR count). The van der Waals surface area contributed by atoms with Gasteiger partial charge in [-0.15, -0.1) is 0 Å². The summed E-state index contributed by atoms with van der Waals surface area (Å²) in [5.41, 5.74) is 3.32. The number of nitrogens with one attached hydrogen (secondary N) is 1. The highest BCUT2D eigenvalue weighted by Gasteiger charge is 2.03. The molecule has 0 fully saturated rings. The molecule has 1 N–H and O–H groups in total. The van der Waals surface area contributed by atoms with Crippen molar-refractivity contribution in [3.63, 3.8) is 0 Å². The predicted molar refractivity (Wildman–Crippen MR) is 44.5 cm³/mol. The van der Waals surface area contributed by atoms with Gasteiger partial charge in [-0.2, -0.15) is 0 Å². The van der Waals surface area contributed by atoms with Gasteiger partial charge in [0.15, 0.2) is 0 Å². The van der Waals surface area contributed by atoms with Crippen LogP contribution >= 0.6 is 0 Å². The van der Waals surface area contributed by atoms with E-state index in [0.29, 0.717) is 5.71 Å². The van der Waals surface area contributed by atoms with Gasteiger partial charge in [0.05, 0.1) is 0 Å². The minimum Gasteiger partial charge on any atom is -0.305 e. The summed E-state index contributed by atoms with van der Waals surface area (Å²) in [6, 6.07) is 0. The van der Waals surface area contributed by atoms with E-state index in [1.54, 1.807) is 0 Å². The Morgan fingerprint density at radius 1 is 1.40 bits per heavy atom. The van der Waals surface area contributed by atoms with E-state index >= 15 is 0 Å². The molecule has 0 aromatic carbocycles. The van der Waals surface area contributed by atoms with Gasteiger partial charge in [-0.05, 0) is 32.3 Å². The number of rotatable bonds is 1. The third kappa shape index (κ3) is 1.56. The molecule has 0 saturated carbocycles. The van der Waals surface area contributed by atoms with Gasteiger partial charge in [-0.25, -0.2) is 0 Å². The second-order valence-corrected chi connectivity index (χ2v) is 2.83. The molecule has 0 amide bonds. The quantitative estimate of drug-likeness (QED) is 0.534. The van der Waals surface area contributed by atoms with Crippen molar-refractivity contribution >= 4 is 5.71 Å². The summed E-state index contributed by atoms with van der Waals surface area (Å²) in [5.74, 6) is 0. The summed E-state index contributed by atoms with van der Waals surface area (Å²) in [6.45, 7) is 3.98.